The van der Waals surface area contributed by atoms with Crippen molar-refractivity contribution in [2.24, 2.45) is 0 Å². The molecular weight excluding hydrogens is 266 g/mol. The minimum atomic E-state index is 0.737. The van der Waals surface area contributed by atoms with E-state index in [0.29, 0.717) is 0 Å². The molecule has 1 aromatic rings. The zero-order chi connectivity index (χ0) is 15.5. The predicted octanol–water partition coefficient (Wildman–Crippen LogP) is 2.84. The quantitative estimate of drug-likeness (QED) is 0.637. The molecule has 0 saturated heterocycles. The lowest BCUT2D eigenvalue weighted by Crippen LogP contribution is -2.18. The van der Waals surface area contributed by atoms with Crippen molar-refractivity contribution < 1.29 is 14.2 Å². The lowest BCUT2D eigenvalue weighted by atomic mass is 10.1. The summed E-state index contributed by atoms with van der Waals surface area (Å²) in [5.41, 5.74) is 3.68. The maximum Gasteiger partial charge on any atom is 0.125 e. The van der Waals surface area contributed by atoms with Gasteiger partial charge in [0.1, 0.15) is 5.75 Å². The molecule has 0 radical (unpaired) electrons. The Balaban J connectivity index is 2.46. The molecule has 0 unspecified atom stereocenters. The van der Waals surface area contributed by atoms with Gasteiger partial charge in [0.2, 0.25) is 0 Å². The van der Waals surface area contributed by atoms with E-state index in [4.69, 9.17) is 14.2 Å². The molecule has 4 heteroatoms. The molecule has 0 atom stereocenters. The van der Waals surface area contributed by atoms with Crippen LogP contribution >= 0.6 is 0 Å². The Hall–Kier alpha value is -1.10. The smallest absolute Gasteiger partial charge is 0.125 e. The van der Waals surface area contributed by atoms with E-state index < -0.39 is 0 Å². The maximum atomic E-state index is 5.92. The van der Waals surface area contributed by atoms with Gasteiger partial charge in [-0.3, -0.25) is 0 Å². The Morgan fingerprint density at radius 2 is 1.52 bits per heavy atom. The minimum absolute atomic E-state index is 0.737. The molecule has 1 N–H and O–H groups in total. The van der Waals surface area contributed by atoms with Crippen LogP contribution in [0, 0.1) is 13.8 Å². The van der Waals surface area contributed by atoms with Gasteiger partial charge in [0.25, 0.3) is 0 Å². The zero-order valence-corrected chi connectivity index (χ0v) is 13.8. The molecule has 1 rings (SSSR count). The summed E-state index contributed by atoms with van der Waals surface area (Å²) in [6, 6.07) is 4.38. The molecule has 120 valence electrons. The van der Waals surface area contributed by atoms with Gasteiger partial charge in [-0.1, -0.05) is 12.1 Å². The van der Waals surface area contributed by atoms with Crippen molar-refractivity contribution in [2.45, 2.75) is 33.2 Å². The lowest BCUT2D eigenvalue weighted by molar-refractivity contribution is 0.184. The van der Waals surface area contributed by atoms with Gasteiger partial charge in [0, 0.05) is 33.9 Å². The number of ether oxygens (including phenoxy) is 3. The third kappa shape index (κ3) is 6.93. The summed E-state index contributed by atoms with van der Waals surface area (Å²) in [5.74, 6) is 1.02. The van der Waals surface area contributed by atoms with E-state index in [1.807, 2.05) is 0 Å². The Kier molecular flexibility index (Phi) is 9.06. The van der Waals surface area contributed by atoms with Crippen molar-refractivity contribution in [1.29, 1.82) is 0 Å². The van der Waals surface area contributed by atoms with Crippen molar-refractivity contribution in [2.75, 3.05) is 40.6 Å². The third-order valence-electron chi connectivity index (χ3n) is 3.32. The number of hydrogen-bond donors (Lipinski definition) is 1. The number of hydrogen-bond acceptors (Lipinski definition) is 4. The highest BCUT2D eigenvalue weighted by Crippen LogP contribution is 2.25. The van der Waals surface area contributed by atoms with Crippen LogP contribution in [-0.2, 0) is 16.0 Å². The average Bonchev–Trinajstić information content (AvgIpc) is 2.46. The number of methoxy groups -OCH3 is 2. The monoisotopic (exact) mass is 295 g/mol. The normalized spacial score (nSPS) is 10.9. The molecule has 0 aromatic heterocycles. The summed E-state index contributed by atoms with van der Waals surface area (Å²) in [6.45, 7) is 8.22. The molecule has 4 nitrogen and oxygen atoms in total. The second-order valence-corrected chi connectivity index (χ2v) is 5.28. The van der Waals surface area contributed by atoms with E-state index in [-0.39, 0.29) is 0 Å². The van der Waals surface area contributed by atoms with Gasteiger partial charge < -0.3 is 19.5 Å². The molecule has 1 aromatic carbocycles. The zero-order valence-electron chi connectivity index (χ0n) is 13.8. The van der Waals surface area contributed by atoms with E-state index in [9.17, 15) is 0 Å². The van der Waals surface area contributed by atoms with Gasteiger partial charge in [-0.25, -0.2) is 0 Å². The topological polar surface area (TPSA) is 39.7 Å². The summed E-state index contributed by atoms with van der Waals surface area (Å²) < 4.78 is 16.0. The standard InChI is InChI=1S/C17H29NO3/c1-14-11-16(13-18-7-10-20-4)12-15(2)17(14)21-9-6-5-8-19-3/h11-12,18H,5-10,13H2,1-4H3. The van der Waals surface area contributed by atoms with Crippen LogP contribution in [0.4, 0.5) is 0 Å². The van der Waals surface area contributed by atoms with Crippen LogP contribution in [0.5, 0.6) is 5.75 Å². The van der Waals surface area contributed by atoms with Crippen LogP contribution in [0.25, 0.3) is 0 Å². The fourth-order valence-corrected chi connectivity index (χ4v) is 2.30. The molecule has 0 amide bonds. The second-order valence-electron chi connectivity index (χ2n) is 5.28. The predicted molar refractivity (Wildman–Crippen MR) is 86.1 cm³/mol. The van der Waals surface area contributed by atoms with Crippen molar-refractivity contribution >= 4 is 0 Å². The van der Waals surface area contributed by atoms with Crippen molar-refractivity contribution in [3.63, 3.8) is 0 Å². The first-order valence-electron chi connectivity index (χ1n) is 7.60. The first kappa shape index (κ1) is 18.0. The molecule has 0 bridgehead atoms. The van der Waals surface area contributed by atoms with E-state index in [2.05, 4.69) is 31.3 Å². The van der Waals surface area contributed by atoms with Crippen LogP contribution < -0.4 is 10.1 Å². The molecule has 0 aliphatic carbocycles. The van der Waals surface area contributed by atoms with Gasteiger partial charge >= 0.3 is 0 Å². The Bertz CT molecular complexity index is 384. The SMILES string of the molecule is COCCCCOc1c(C)cc(CNCCOC)cc1C. The van der Waals surface area contributed by atoms with Crippen LogP contribution in [0.1, 0.15) is 29.5 Å². The van der Waals surface area contributed by atoms with Crippen molar-refractivity contribution in [3.8, 4) is 5.75 Å². The fraction of sp³-hybridized carbons (Fsp3) is 0.647. The first-order valence-corrected chi connectivity index (χ1v) is 7.60. The maximum absolute atomic E-state index is 5.92. The largest absolute Gasteiger partial charge is 0.493 e. The summed E-state index contributed by atoms with van der Waals surface area (Å²) in [4.78, 5) is 0. The molecule has 21 heavy (non-hydrogen) atoms. The van der Waals surface area contributed by atoms with Crippen LogP contribution in [0.15, 0.2) is 12.1 Å². The van der Waals surface area contributed by atoms with E-state index in [1.165, 1.54) is 16.7 Å². The van der Waals surface area contributed by atoms with Crippen LogP contribution in [0.3, 0.4) is 0 Å². The van der Waals surface area contributed by atoms with Gasteiger partial charge in [0.05, 0.1) is 13.2 Å². The van der Waals surface area contributed by atoms with Crippen LogP contribution in [0.2, 0.25) is 0 Å². The number of nitrogens with one attached hydrogen (secondary N) is 1. The molecule has 0 spiro atoms. The van der Waals surface area contributed by atoms with Gasteiger partial charge in [0.15, 0.2) is 0 Å². The second kappa shape index (κ2) is 10.6. The molecule has 0 fully saturated rings. The molecular formula is C17H29NO3. The summed E-state index contributed by atoms with van der Waals surface area (Å²) in [5, 5.41) is 3.36. The lowest BCUT2D eigenvalue weighted by Gasteiger charge is -2.14. The number of benzene rings is 1. The van der Waals surface area contributed by atoms with Crippen molar-refractivity contribution in [3.05, 3.63) is 28.8 Å². The van der Waals surface area contributed by atoms with Gasteiger partial charge in [-0.15, -0.1) is 0 Å². The molecule has 0 aliphatic rings. The highest BCUT2D eigenvalue weighted by molar-refractivity contribution is 5.43. The summed E-state index contributed by atoms with van der Waals surface area (Å²) in [6.07, 6.45) is 2.06. The highest BCUT2D eigenvalue weighted by atomic mass is 16.5. The first-order chi connectivity index (χ1) is 10.2. The van der Waals surface area contributed by atoms with Gasteiger partial charge in [-0.2, -0.15) is 0 Å². The Morgan fingerprint density at radius 3 is 2.14 bits per heavy atom. The highest BCUT2D eigenvalue weighted by Gasteiger charge is 2.06. The van der Waals surface area contributed by atoms with Gasteiger partial charge in [-0.05, 0) is 43.4 Å². The van der Waals surface area contributed by atoms with E-state index in [0.717, 1.165) is 51.5 Å². The number of rotatable bonds is 11. The molecule has 0 saturated carbocycles. The number of unbranched alkanes of at least 4 members (excludes halogenated alkanes) is 1. The molecule has 0 heterocycles. The van der Waals surface area contributed by atoms with E-state index in [1.54, 1.807) is 14.2 Å². The average molecular weight is 295 g/mol. The Morgan fingerprint density at radius 1 is 0.905 bits per heavy atom. The fourth-order valence-electron chi connectivity index (χ4n) is 2.30. The minimum Gasteiger partial charge on any atom is -0.493 e. The van der Waals surface area contributed by atoms with Crippen molar-refractivity contribution in [1.82, 2.24) is 5.32 Å². The summed E-state index contributed by atoms with van der Waals surface area (Å²) in [7, 11) is 3.45. The van der Waals surface area contributed by atoms with Crippen LogP contribution in [-0.4, -0.2) is 40.6 Å². The molecule has 0 aliphatic heterocycles. The third-order valence-corrected chi connectivity index (χ3v) is 3.32. The van der Waals surface area contributed by atoms with E-state index >= 15 is 0 Å². The Labute approximate surface area is 128 Å². The number of aryl methyl sites for hydroxylation is 2. The summed E-state index contributed by atoms with van der Waals surface area (Å²) >= 11 is 0.